The number of fused-ring (bicyclic) bond motifs is 3. The van der Waals surface area contributed by atoms with Gasteiger partial charge in [-0.25, -0.2) is 0 Å². The second-order valence-electron chi connectivity index (χ2n) is 7.27. The van der Waals surface area contributed by atoms with Crippen molar-refractivity contribution in [2.75, 3.05) is 13.2 Å². The average molecular weight is 351 g/mol. The van der Waals surface area contributed by atoms with E-state index in [1.54, 1.807) is 0 Å². The highest BCUT2D eigenvalue weighted by Crippen LogP contribution is 2.29. The number of aryl methyl sites for hydroxylation is 1. The number of para-hydroxylation sites is 2. The van der Waals surface area contributed by atoms with Crippen LogP contribution >= 0.6 is 0 Å². The molecular weight excluding hydrogens is 322 g/mol. The van der Waals surface area contributed by atoms with Crippen LogP contribution in [0.4, 0.5) is 0 Å². The highest BCUT2D eigenvalue weighted by atomic mass is 16.7. The summed E-state index contributed by atoms with van der Waals surface area (Å²) in [5.74, 6) is 0. The highest BCUT2D eigenvalue weighted by molar-refractivity contribution is 6.07. The van der Waals surface area contributed by atoms with Gasteiger partial charge in [0.1, 0.15) is 0 Å². The van der Waals surface area contributed by atoms with Crippen LogP contribution in [-0.4, -0.2) is 24.1 Å². The molecule has 1 saturated heterocycles. The molecule has 1 aliphatic heterocycles. The van der Waals surface area contributed by atoms with E-state index in [-0.39, 0.29) is 6.29 Å². The Morgan fingerprint density at radius 2 is 1.54 bits per heavy atom. The zero-order chi connectivity index (χ0) is 17.6. The van der Waals surface area contributed by atoms with Gasteiger partial charge >= 0.3 is 0 Å². The highest BCUT2D eigenvalue weighted by Gasteiger charge is 2.13. The van der Waals surface area contributed by atoms with Crippen LogP contribution in [0.1, 0.15) is 44.9 Å². The first-order chi connectivity index (χ1) is 12.9. The lowest BCUT2D eigenvalue weighted by molar-refractivity contribution is -0.162. The van der Waals surface area contributed by atoms with Crippen molar-refractivity contribution in [1.82, 2.24) is 4.57 Å². The molecule has 1 aliphatic rings. The first kappa shape index (κ1) is 17.6. The Kier molecular flexibility index (Phi) is 5.88. The van der Waals surface area contributed by atoms with Crippen molar-refractivity contribution in [3.8, 4) is 0 Å². The van der Waals surface area contributed by atoms with Crippen molar-refractivity contribution < 1.29 is 9.47 Å². The van der Waals surface area contributed by atoms with Crippen LogP contribution in [0, 0.1) is 0 Å². The van der Waals surface area contributed by atoms with Crippen molar-refractivity contribution in [3.63, 3.8) is 0 Å². The minimum absolute atomic E-state index is 0.0568. The smallest absolute Gasteiger partial charge is 0.157 e. The molecule has 3 aromatic rings. The number of aromatic nitrogens is 1. The van der Waals surface area contributed by atoms with Crippen LogP contribution < -0.4 is 0 Å². The monoisotopic (exact) mass is 351 g/mol. The van der Waals surface area contributed by atoms with E-state index in [1.165, 1.54) is 53.9 Å². The van der Waals surface area contributed by atoms with Gasteiger partial charge in [-0.3, -0.25) is 0 Å². The fourth-order valence-electron chi connectivity index (χ4n) is 4.03. The van der Waals surface area contributed by atoms with E-state index in [1.807, 2.05) is 0 Å². The topological polar surface area (TPSA) is 23.4 Å². The van der Waals surface area contributed by atoms with Gasteiger partial charge in [0.25, 0.3) is 0 Å². The third-order valence-corrected chi connectivity index (χ3v) is 5.40. The number of nitrogens with zero attached hydrogens (tertiary/aromatic N) is 1. The van der Waals surface area contributed by atoms with E-state index in [9.17, 15) is 0 Å². The normalized spacial score (nSPS) is 17.9. The van der Waals surface area contributed by atoms with E-state index in [4.69, 9.17) is 9.47 Å². The molecule has 2 aromatic carbocycles. The molecule has 2 heterocycles. The maximum Gasteiger partial charge on any atom is 0.157 e. The third kappa shape index (κ3) is 3.94. The molecule has 1 fully saturated rings. The summed E-state index contributed by atoms with van der Waals surface area (Å²) in [5.41, 5.74) is 2.71. The molecule has 1 unspecified atom stereocenters. The van der Waals surface area contributed by atoms with Crippen molar-refractivity contribution in [1.29, 1.82) is 0 Å². The number of unbranched alkanes of at least 4 members (excludes halogenated alkanes) is 3. The zero-order valence-electron chi connectivity index (χ0n) is 15.5. The fraction of sp³-hybridized carbons (Fsp3) is 0.478. The summed E-state index contributed by atoms with van der Waals surface area (Å²) in [7, 11) is 0. The summed E-state index contributed by atoms with van der Waals surface area (Å²) in [5, 5.41) is 2.73. The fourth-order valence-corrected chi connectivity index (χ4v) is 4.03. The molecule has 0 radical (unpaired) electrons. The van der Waals surface area contributed by atoms with Crippen molar-refractivity contribution in [2.45, 2.75) is 57.8 Å². The van der Waals surface area contributed by atoms with Crippen LogP contribution in [0.3, 0.4) is 0 Å². The Bertz CT molecular complexity index is 779. The zero-order valence-corrected chi connectivity index (χ0v) is 15.5. The van der Waals surface area contributed by atoms with Gasteiger partial charge < -0.3 is 14.0 Å². The third-order valence-electron chi connectivity index (χ3n) is 5.40. The van der Waals surface area contributed by atoms with E-state index in [0.29, 0.717) is 0 Å². The number of hydrogen-bond acceptors (Lipinski definition) is 2. The molecule has 3 nitrogen and oxygen atoms in total. The van der Waals surface area contributed by atoms with Gasteiger partial charge in [0.05, 0.1) is 0 Å². The molecule has 0 bridgehead atoms. The molecule has 0 aliphatic carbocycles. The Morgan fingerprint density at radius 3 is 2.23 bits per heavy atom. The Hall–Kier alpha value is -1.84. The van der Waals surface area contributed by atoms with Gasteiger partial charge in [0.15, 0.2) is 6.29 Å². The molecule has 0 saturated carbocycles. The van der Waals surface area contributed by atoms with Crippen LogP contribution in [0.5, 0.6) is 0 Å². The SMILES string of the molecule is c1ccc2c(c1)c1ccccc1n2CCCCCCOC1CCCCO1. The average Bonchev–Trinajstić information content (AvgIpc) is 3.02. The van der Waals surface area contributed by atoms with Crippen LogP contribution in [-0.2, 0) is 16.0 Å². The molecule has 1 aromatic heterocycles. The Balaban J connectivity index is 1.27. The van der Waals surface area contributed by atoms with Gasteiger partial charge in [-0.2, -0.15) is 0 Å². The van der Waals surface area contributed by atoms with Crippen molar-refractivity contribution in [2.24, 2.45) is 0 Å². The Labute approximate surface area is 155 Å². The van der Waals surface area contributed by atoms with Gasteiger partial charge in [-0.05, 0) is 44.2 Å². The summed E-state index contributed by atoms with van der Waals surface area (Å²) in [6.07, 6.45) is 8.36. The lowest BCUT2D eigenvalue weighted by Gasteiger charge is -2.22. The minimum atomic E-state index is 0.0568. The molecule has 26 heavy (non-hydrogen) atoms. The maximum absolute atomic E-state index is 5.82. The van der Waals surface area contributed by atoms with Gasteiger partial charge in [0.2, 0.25) is 0 Å². The number of ether oxygens (including phenoxy) is 2. The summed E-state index contributed by atoms with van der Waals surface area (Å²) in [4.78, 5) is 0. The quantitative estimate of drug-likeness (QED) is 0.472. The van der Waals surface area contributed by atoms with Crippen molar-refractivity contribution >= 4 is 21.8 Å². The molecule has 0 amide bonds. The van der Waals surface area contributed by atoms with Crippen molar-refractivity contribution in [3.05, 3.63) is 48.5 Å². The predicted octanol–water partition coefficient (Wildman–Crippen LogP) is 5.90. The summed E-state index contributed by atoms with van der Waals surface area (Å²) < 4.78 is 13.9. The van der Waals surface area contributed by atoms with Crippen LogP contribution in [0.25, 0.3) is 21.8 Å². The molecule has 138 valence electrons. The first-order valence-electron chi connectivity index (χ1n) is 10.1. The second kappa shape index (κ2) is 8.70. The van der Waals surface area contributed by atoms with Crippen LogP contribution in [0.15, 0.2) is 48.5 Å². The van der Waals surface area contributed by atoms with E-state index in [0.717, 1.165) is 32.6 Å². The Morgan fingerprint density at radius 1 is 0.846 bits per heavy atom. The number of benzene rings is 2. The summed E-state index contributed by atoms with van der Waals surface area (Å²) in [6.45, 7) is 2.78. The van der Waals surface area contributed by atoms with Gasteiger partial charge in [-0.15, -0.1) is 0 Å². The van der Waals surface area contributed by atoms with Crippen LogP contribution in [0.2, 0.25) is 0 Å². The lowest BCUT2D eigenvalue weighted by atomic mass is 10.2. The minimum Gasteiger partial charge on any atom is -0.353 e. The standard InChI is InChI=1S/C23H29NO2/c1(2-9-17-25-23-15-7-10-18-26-23)8-16-24-21-13-5-3-11-19(21)20-12-4-6-14-22(20)24/h3-6,11-14,23H,1-2,7-10,15-18H2. The van der Waals surface area contributed by atoms with Gasteiger partial charge in [0, 0.05) is 41.6 Å². The first-order valence-corrected chi connectivity index (χ1v) is 10.1. The maximum atomic E-state index is 5.82. The van der Waals surface area contributed by atoms with E-state index >= 15 is 0 Å². The van der Waals surface area contributed by atoms with E-state index in [2.05, 4.69) is 53.1 Å². The number of rotatable bonds is 8. The largest absolute Gasteiger partial charge is 0.353 e. The predicted molar refractivity (Wildman–Crippen MR) is 107 cm³/mol. The summed E-state index contributed by atoms with van der Waals surface area (Å²) in [6, 6.07) is 17.5. The molecule has 4 rings (SSSR count). The molecule has 3 heteroatoms. The number of hydrogen-bond donors (Lipinski definition) is 0. The molecule has 0 N–H and O–H groups in total. The lowest BCUT2D eigenvalue weighted by Crippen LogP contribution is -2.22. The van der Waals surface area contributed by atoms with E-state index < -0.39 is 0 Å². The molecule has 1 atom stereocenters. The van der Waals surface area contributed by atoms with Gasteiger partial charge in [-0.1, -0.05) is 49.2 Å². The second-order valence-corrected chi connectivity index (χ2v) is 7.27. The summed E-state index contributed by atoms with van der Waals surface area (Å²) >= 11 is 0. The molecular formula is C23H29NO2. The molecule has 0 spiro atoms.